The number of nitrogens with one attached hydrogen (secondary N) is 1. The summed E-state index contributed by atoms with van der Waals surface area (Å²) in [7, 11) is 2.19. The minimum absolute atomic E-state index is 0.0618. The second-order valence-corrected chi connectivity index (χ2v) is 6.11. The van der Waals surface area contributed by atoms with Gasteiger partial charge >= 0.3 is 0 Å². The van der Waals surface area contributed by atoms with E-state index in [1.54, 1.807) is 18.2 Å². The average molecular weight is 288 g/mol. The van der Waals surface area contributed by atoms with Crippen LogP contribution in [0.1, 0.15) is 31.2 Å². The number of piperidine rings is 1. The highest BCUT2D eigenvalue weighted by Crippen LogP contribution is 2.34. The van der Waals surface area contributed by atoms with E-state index in [-0.39, 0.29) is 17.8 Å². The SMILES string of the molecule is CN1C2CCC1CC(NC(=O)/C=C/c1ccc(F)cc1)C2. The fourth-order valence-electron chi connectivity index (χ4n) is 3.52. The molecule has 3 nitrogen and oxygen atoms in total. The molecule has 2 atom stereocenters. The van der Waals surface area contributed by atoms with Crippen LogP contribution < -0.4 is 5.32 Å². The van der Waals surface area contributed by atoms with Gasteiger partial charge in [-0.1, -0.05) is 12.1 Å². The van der Waals surface area contributed by atoms with Crippen molar-refractivity contribution in [2.45, 2.75) is 43.8 Å². The molecule has 0 radical (unpaired) electrons. The van der Waals surface area contributed by atoms with Crippen LogP contribution in [0.25, 0.3) is 6.08 Å². The van der Waals surface area contributed by atoms with E-state index in [4.69, 9.17) is 0 Å². The Bertz CT molecular complexity index is 526. The van der Waals surface area contributed by atoms with Crippen molar-refractivity contribution >= 4 is 12.0 Å². The van der Waals surface area contributed by atoms with Crippen LogP contribution in [-0.4, -0.2) is 36.0 Å². The van der Waals surface area contributed by atoms with Gasteiger partial charge in [0.1, 0.15) is 5.82 Å². The number of hydrogen-bond donors (Lipinski definition) is 1. The quantitative estimate of drug-likeness (QED) is 0.867. The van der Waals surface area contributed by atoms with Gasteiger partial charge in [0.05, 0.1) is 0 Å². The van der Waals surface area contributed by atoms with E-state index < -0.39 is 0 Å². The molecule has 1 aromatic carbocycles. The van der Waals surface area contributed by atoms with Crippen LogP contribution in [-0.2, 0) is 4.79 Å². The van der Waals surface area contributed by atoms with Gasteiger partial charge in [0.15, 0.2) is 0 Å². The van der Waals surface area contributed by atoms with Gasteiger partial charge in [-0.05, 0) is 56.5 Å². The molecule has 2 aliphatic rings. The second-order valence-electron chi connectivity index (χ2n) is 6.11. The third-order valence-corrected chi connectivity index (χ3v) is 4.74. The predicted molar refractivity (Wildman–Crippen MR) is 81.2 cm³/mol. The van der Waals surface area contributed by atoms with Gasteiger partial charge in [0.2, 0.25) is 5.91 Å². The Hall–Kier alpha value is -1.68. The second kappa shape index (κ2) is 5.98. The van der Waals surface area contributed by atoms with E-state index in [9.17, 15) is 9.18 Å². The van der Waals surface area contributed by atoms with E-state index in [2.05, 4.69) is 17.3 Å². The number of amides is 1. The molecule has 3 rings (SSSR count). The molecule has 1 aromatic rings. The van der Waals surface area contributed by atoms with Crippen LogP contribution in [0, 0.1) is 5.82 Å². The van der Waals surface area contributed by atoms with E-state index in [0.29, 0.717) is 12.1 Å². The lowest BCUT2D eigenvalue weighted by molar-refractivity contribution is -0.117. The number of nitrogens with zero attached hydrogens (tertiary/aromatic N) is 1. The summed E-state index contributed by atoms with van der Waals surface area (Å²) >= 11 is 0. The van der Waals surface area contributed by atoms with Crippen molar-refractivity contribution in [1.29, 1.82) is 0 Å². The molecule has 1 amide bonds. The van der Waals surface area contributed by atoms with Crippen LogP contribution in [0.2, 0.25) is 0 Å². The van der Waals surface area contributed by atoms with Crippen molar-refractivity contribution in [1.82, 2.24) is 10.2 Å². The van der Waals surface area contributed by atoms with Gasteiger partial charge in [-0.25, -0.2) is 4.39 Å². The fraction of sp³-hybridized carbons (Fsp3) is 0.471. The maximum atomic E-state index is 12.8. The maximum Gasteiger partial charge on any atom is 0.244 e. The molecule has 4 heteroatoms. The molecule has 2 saturated heterocycles. The first kappa shape index (κ1) is 14.3. The summed E-state index contributed by atoms with van der Waals surface area (Å²) in [4.78, 5) is 14.4. The molecule has 2 bridgehead atoms. The Morgan fingerprint density at radius 3 is 2.48 bits per heavy atom. The third kappa shape index (κ3) is 3.32. The summed E-state index contributed by atoms with van der Waals surface area (Å²) in [5, 5.41) is 3.10. The zero-order valence-corrected chi connectivity index (χ0v) is 12.3. The number of halogens is 1. The molecule has 1 N–H and O–H groups in total. The van der Waals surface area contributed by atoms with Crippen LogP contribution in [0.5, 0.6) is 0 Å². The molecular weight excluding hydrogens is 267 g/mol. The minimum Gasteiger partial charge on any atom is -0.350 e. The van der Waals surface area contributed by atoms with E-state index in [1.807, 2.05) is 0 Å². The number of benzene rings is 1. The first-order chi connectivity index (χ1) is 10.1. The lowest BCUT2D eigenvalue weighted by Crippen LogP contribution is -2.48. The van der Waals surface area contributed by atoms with E-state index in [0.717, 1.165) is 18.4 Å². The Labute approximate surface area is 124 Å². The molecule has 2 fully saturated rings. The predicted octanol–water partition coefficient (Wildman–Crippen LogP) is 2.58. The van der Waals surface area contributed by atoms with Gasteiger partial charge < -0.3 is 10.2 Å². The minimum atomic E-state index is -0.265. The molecule has 2 heterocycles. The van der Waals surface area contributed by atoms with Gasteiger partial charge in [-0.15, -0.1) is 0 Å². The number of rotatable bonds is 3. The lowest BCUT2D eigenvalue weighted by Gasteiger charge is -2.36. The summed E-state index contributed by atoms with van der Waals surface area (Å²) in [6.07, 6.45) is 7.84. The van der Waals surface area contributed by atoms with Gasteiger partial charge in [-0.2, -0.15) is 0 Å². The molecule has 112 valence electrons. The maximum absolute atomic E-state index is 12.8. The molecule has 2 aliphatic heterocycles. The number of hydrogen-bond acceptors (Lipinski definition) is 2. The zero-order valence-electron chi connectivity index (χ0n) is 12.3. The van der Waals surface area contributed by atoms with Gasteiger partial charge in [0, 0.05) is 24.2 Å². The van der Waals surface area contributed by atoms with Gasteiger partial charge in [-0.3, -0.25) is 4.79 Å². The summed E-state index contributed by atoms with van der Waals surface area (Å²) in [5.41, 5.74) is 0.829. The number of carbonyl (C=O) groups is 1. The van der Waals surface area contributed by atoms with Crippen molar-refractivity contribution in [3.63, 3.8) is 0 Å². The summed E-state index contributed by atoms with van der Waals surface area (Å²) in [6, 6.07) is 7.64. The molecule has 0 spiro atoms. The Balaban J connectivity index is 1.54. The zero-order chi connectivity index (χ0) is 14.8. The molecular formula is C17H21FN2O. The summed E-state index contributed by atoms with van der Waals surface area (Å²) in [6.45, 7) is 0. The largest absolute Gasteiger partial charge is 0.350 e. The topological polar surface area (TPSA) is 32.3 Å². The molecule has 0 aliphatic carbocycles. The lowest BCUT2D eigenvalue weighted by atomic mass is 9.98. The molecule has 2 unspecified atom stereocenters. The van der Waals surface area contributed by atoms with Crippen molar-refractivity contribution in [2.24, 2.45) is 0 Å². The van der Waals surface area contributed by atoms with Crippen LogP contribution in [0.4, 0.5) is 4.39 Å². The van der Waals surface area contributed by atoms with E-state index >= 15 is 0 Å². The smallest absolute Gasteiger partial charge is 0.244 e. The Morgan fingerprint density at radius 1 is 1.24 bits per heavy atom. The Morgan fingerprint density at radius 2 is 1.86 bits per heavy atom. The highest BCUT2D eigenvalue weighted by atomic mass is 19.1. The summed E-state index contributed by atoms with van der Waals surface area (Å²) in [5.74, 6) is -0.327. The van der Waals surface area contributed by atoms with Crippen LogP contribution in [0.15, 0.2) is 30.3 Å². The highest BCUT2D eigenvalue weighted by molar-refractivity contribution is 5.91. The van der Waals surface area contributed by atoms with Crippen LogP contribution in [0.3, 0.4) is 0 Å². The van der Waals surface area contributed by atoms with Gasteiger partial charge in [0.25, 0.3) is 0 Å². The van der Waals surface area contributed by atoms with E-state index in [1.165, 1.54) is 31.1 Å². The molecule has 21 heavy (non-hydrogen) atoms. The number of fused-ring (bicyclic) bond motifs is 2. The normalized spacial score (nSPS) is 29.0. The number of carbonyl (C=O) groups excluding carboxylic acids is 1. The average Bonchev–Trinajstić information content (AvgIpc) is 2.69. The monoisotopic (exact) mass is 288 g/mol. The first-order valence-electron chi connectivity index (χ1n) is 7.58. The van der Waals surface area contributed by atoms with Crippen LogP contribution >= 0.6 is 0 Å². The highest BCUT2D eigenvalue weighted by Gasteiger charge is 2.38. The Kier molecular flexibility index (Phi) is 4.06. The van der Waals surface area contributed by atoms with Crippen molar-refractivity contribution in [3.8, 4) is 0 Å². The molecule has 0 aromatic heterocycles. The van der Waals surface area contributed by atoms with Crippen molar-refractivity contribution in [3.05, 3.63) is 41.7 Å². The summed E-state index contributed by atoms with van der Waals surface area (Å²) < 4.78 is 12.8. The fourth-order valence-corrected chi connectivity index (χ4v) is 3.52. The van der Waals surface area contributed by atoms with Crippen molar-refractivity contribution < 1.29 is 9.18 Å². The third-order valence-electron chi connectivity index (χ3n) is 4.74. The molecule has 0 saturated carbocycles. The standard InChI is InChI=1S/C17H21FN2O/c1-20-15-7-8-16(20)11-14(10-15)19-17(21)9-4-12-2-5-13(18)6-3-12/h2-6,9,14-16H,7-8,10-11H2,1H3,(H,19,21)/b9-4+. The first-order valence-corrected chi connectivity index (χ1v) is 7.58. The van der Waals surface area contributed by atoms with Crippen molar-refractivity contribution in [2.75, 3.05) is 7.05 Å².